The number of fused-ring (bicyclic) bond motifs is 2. The SMILES string of the molecule is CC/C(=C(/c1ccc(/C=C/C(=O)O)cc1)c1ccc2[nH]ncc2c1)c1ccc2sncc2c1. The Morgan fingerprint density at radius 3 is 2.52 bits per heavy atom. The number of hydrogen-bond acceptors (Lipinski definition) is 4. The first-order valence-corrected chi connectivity index (χ1v) is 11.4. The van der Waals surface area contributed by atoms with Gasteiger partial charge in [-0.1, -0.05) is 43.3 Å². The van der Waals surface area contributed by atoms with Crippen molar-refractivity contribution in [1.82, 2.24) is 14.6 Å². The smallest absolute Gasteiger partial charge is 0.328 e. The summed E-state index contributed by atoms with van der Waals surface area (Å²) in [7, 11) is 0. The second kappa shape index (κ2) is 8.84. The lowest BCUT2D eigenvalue weighted by Gasteiger charge is -2.17. The number of rotatable bonds is 6. The molecule has 0 unspecified atom stereocenters. The van der Waals surface area contributed by atoms with Crippen LogP contribution in [-0.2, 0) is 4.79 Å². The number of nitrogens with zero attached hydrogens (tertiary/aromatic N) is 2. The average molecular weight is 452 g/mol. The maximum absolute atomic E-state index is 10.9. The molecule has 5 nitrogen and oxygen atoms in total. The van der Waals surface area contributed by atoms with Gasteiger partial charge in [0.1, 0.15) is 0 Å². The van der Waals surface area contributed by atoms with E-state index in [9.17, 15) is 4.79 Å². The van der Waals surface area contributed by atoms with Crippen molar-refractivity contribution in [3.63, 3.8) is 0 Å². The van der Waals surface area contributed by atoms with Gasteiger partial charge in [0, 0.05) is 23.0 Å². The van der Waals surface area contributed by atoms with Gasteiger partial charge in [0.25, 0.3) is 0 Å². The summed E-state index contributed by atoms with van der Waals surface area (Å²) in [6, 6.07) is 20.8. The number of benzene rings is 3. The first-order chi connectivity index (χ1) is 16.1. The molecule has 0 aliphatic heterocycles. The third-order valence-corrected chi connectivity index (χ3v) is 6.48. The summed E-state index contributed by atoms with van der Waals surface area (Å²) in [4.78, 5) is 10.9. The van der Waals surface area contributed by atoms with E-state index >= 15 is 0 Å². The lowest BCUT2D eigenvalue weighted by Crippen LogP contribution is -1.95. The fourth-order valence-electron chi connectivity index (χ4n) is 4.13. The maximum Gasteiger partial charge on any atom is 0.328 e. The highest BCUT2D eigenvalue weighted by Gasteiger charge is 2.15. The minimum Gasteiger partial charge on any atom is -0.478 e. The van der Waals surface area contributed by atoms with Gasteiger partial charge >= 0.3 is 5.97 Å². The highest BCUT2D eigenvalue weighted by atomic mass is 32.1. The molecule has 6 heteroatoms. The number of carbonyl (C=O) groups is 1. The van der Waals surface area contributed by atoms with E-state index in [4.69, 9.17) is 5.11 Å². The number of carboxylic acid groups (broad SMARTS) is 1. The van der Waals surface area contributed by atoms with Gasteiger partial charge < -0.3 is 5.11 Å². The van der Waals surface area contributed by atoms with E-state index in [1.807, 2.05) is 24.5 Å². The lowest BCUT2D eigenvalue weighted by molar-refractivity contribution is -0.131. The standard InChI is InChI=1S/C27H21N3O2S/c1-2-23(19-9-11-25-22(13-19)16-29-33-25)27(20-8-10-24-21(14-20)15-28-30-24)18-6-3-17(4-7-18)5-12-26(31)32/h3-16H,2H2,1H3,(H,28,30)(H,31,32)/b12-5+,27-23+. The number of carboxylic acids is 1. The molecule has 162 valence electrons. The maximum atomic E-state index is 10.9. The summed E-state index contributed by atoms with van der Waals surface area (Å²) in [6.45, 7) is 2.17. The van der Waals surface area contributed by atoms with Gasteiger partial charge in [-0.2, -0.15) is 9.47 Å². The Balaban J connectivity index is 1.71. The highest BCUT2D eigenvalue weighted by molar-refractivity contribution is 7.13. The number of aromatic amines is 1. The predicted octanol–water partition coefficient (Wildman–Crippen LogP) is 6.64. The quantitative estimate of drug-likeness (QED) is 0.224. The minimum atomic E-state index is -0.959. The molecule has 5 aromatic rings. The molecular weight excluding hydrogens is 430 g/mol. The number of nitrogens with one attached hydrogen (secondary N) is 1. The van der Waals surface area contributed by atoms with Crippen LogP contribution in [-0.4, -0.2) is 25.6 Å². The molecule has 3 aromatic carbocycles. The number of H-pyrrole nitrogens is 1. The van der Waals surface area contributed by atoms with Crippen molar-refractivity contribution in [2.75, 3.05) is 0 Å². The van der Waals surface area contributed by atoms with Crippen LogP contribution in [0.1, 0.15) is 35.6 Å². The summed E-state index contributed by atoms with van der Waals surface area (Å²) >= 11 is 1.50. The van der Waals surface area contributed by atoms with E-state index in [0.29, 0.717) is 0 Å². The highest BCUT2D eigenvalue weighted by Crippen LogP contribution is 2.36. The summed E-state index contributed by atoms with van der Waals surface area (Å²) in [5.41, 5.74) is 7.58. The average Bonchev–Trinajstić information content (AvgIpc) is 3.50. The summed E-state index contributed by atoms with van der Waals surface area (Å²) in [5.74, 6) is -0.959. The van der Waals surface area contributed by atoms with Crippen LogP contribution in [0, 0.1) is 0 Å². The Bertz CT molecular complexity index is 1520. The van der Waals surface area contributed by atoms with Crippen LogP contribution in [0.15, 0.2) is 79.1 Å². The molecule has 0 fully saturated rings. The summed E-state index contributed by atoms with van der Waals surface area (Å²) < 4.78 is 5.49. The van der Waals surface area contributed by atoms with Crippen LogP contribution < -0.4 is 0 Å². The minimum absolute atomic E-state index is 0.842. The van der Waals surface area contributed by atoms with E-state index in [2.05, 4.69) is 70.0 Å². The molecule has 0 aliphatic rings. The molecule has 33 heavy (non-hydrogen) atoms. The van der Waals surface area contributed by atoms with Crippen molar-refractivity contribution < 1.29 is 9.90 Å². The van der Waals surface area contributed by atoms with Gasteiger partial charge in [-0.15, -0.1) is 0 Å². The molecule has 0 saturated heterocycles. The van der Waals surface area contributed by atoms with Crippen LogP contribution in [0.25, 0.3) is 38.2 Å². The number of aliphatic carboxylic acids is 1. The van der Waals surface area contributed by atoms with Crippen LogP contribution in [0.2, 0.25) is 0 Å². The fraction of sp³-hybridized carbons (Fsp3) is 0.0741. The van der Waals surface area contributed by atoms with Crippen molar-refractivity contribution in [2.45, 2.75) is 13.3 Å². The van der Waals surface area contributed by atoms with Gasteiger partial charge in [0.05, 0.1) is 16.4 Å². The van der Waals surface area contributed by atoms with Crippen molar-refractivity contribution in [3.8, 4) is 0 Å². The number of aromatic nitrogens is 3. The monoisotopic (exact) mass is 451 g/mol. The van der Waals surface area contributed by atoms with Gasteiger partial charge in [0.15, 0.2) is 0 Å². The predicted molar refractivity (Wildman–Crippen MR) is 135 cm³/mol. The van der Waals surface area contributed by atoms with Crippen LogP contribution in [0.5, 0.6) is 0 Å². The van der Waals surface area contributed by atoms with Crippen LogP contribution in [0.3, 0.4) is 0 Å². The molecule has 0 radical (unpaired) electrons. The van der Waals surface area contributed by atoms with Crippen molar-refractivity contribution in [2.24, 2.45) is 0 Å². The normalized spacial score (nSPS) is 12.5. The van der Waals surface area contributed by atoms with E-state index in [1.54, 1.807) is 6.08 Å². The first-order valence-electron chi connectivity index (χ1n) is 10.7. The second-order valence-electron chi connectivity index (χ2n) is 7.75. The lowest BCUT2D eigenvalue weighted by atomic mass is 9.87. The Morgan fingerprint density at radius 2 is 1.73 bits per heavy atom. The molecule has 2 N–H and O–H groups in total. The van der Waals surface area contributed by atoms with E-state index in [-0.39, 0.29) is 0 Å². The molecule has 0 spiro atoms. The molecule has 5 rings (SSSR count). The zero-order valence-corrected chi connectivity index (χ0v) is 18.8. The molecule has 0 amide bonds. The van der Waals surface area contributed by atoms with E-state index < -0.39 is 5.97 Å². The second-order valence-corrected chi connectivity index (χ2v) is 8.58. The zero-order valence-electron chi connectivity index (χ0n) is 17.9. The first kappa shape index (κ1) is 20.8. The molecular formula is C27H21N3O2S. The molecule has 2 aromatic heterocycles. The molecule has 0 saturated carbocycles. The van der Waals surface area contributed by atoms with Gasteiger partial charge in [-0.25, -0.2) is 4.79 Å². The van der Waals surface area contributed by atoms with Gasteiger partial charge in [0.2, 0.25) is 0 Å². The Morgan fingerprint density at radius 1 is 0.970 bits per heavy atom. The van der Waals surface area contributed by atoms with E-state index in [0.717, 1.165) is 51.0 Å². The van der Waals surface area contributed by atoms with Crippen molar-refractivity contribution >= 4 is 55.7 Å². The van der Waals surface area contributed by atoms with Crippen molar-refractivity contribution in [1.29, 1.82) is 0 Å². The topological polar surface area (TPSA) is 78.9 Å². The molecule has 0 atom stereocenters. The molecule has 0 aliphatic carbocycles. The third-order valence-electron chi connectivity index (χ3n) is 5.70. The Labute approximate surface area is 194 Å². The van der Waals surface area contributed by atoms with Gasteiger partial charge in [-0.3, -0.25) is 5.10 Å². The zero-order chi connectivity index (χ0) is 22.8. The third kappa shape index (κ3) is 4.21. The fourth-order valence-corrected chi connectivity index (χ4v) is 4.75. The molecule has 2 heterocycles. The summed E-state index contributed by atoms with van der Waals surface area (Å²) in [6.07, 6.45) is 7.36. The number of allylic oxidation sites excluding steroid dienone is 1. The van der Waals surface area contributed by atoms with Gasteiger partial charge in [-0.05, 0) is 81.7 Å². The Hall–Kier alpha value is -4.03. The summed E-state index contributed by atoms with van der Waals surface area (Å²) in [5, 5.41) is 18.3. The Kier molecular flexibility index (Phi) is 5.59. The number of hydrogen-bond donors (Lipinski definition) is 2. The molecule has 0 bridgehead atoms. The van der Waals surface area contributed by atoms with Crippen molar-refractivity contribution in [3.05, 3.63) is 101 Å². The van der Waals surface area contributed by atoms with Crippen LogP contribution in [0.4, 0.5) is 0 Å². The van der Waals surface area contributed by atoms with E-state index in [1.165, 1.54) is 27.4 Å². The van der Waals surface area contributed by atoms with Crippen LogP contribution >= 0.6 is 11.5 Å². The largest absolute Gasteiger partial charge is 0.478 e.